The fourth-order valence-corrected chi connectivity index (χ4v) is 2.22. The third-order valence-electron chi connectivity index (χ3n) is 3.42. The van der Waals surface area contributed by atoms with E-state index < -0.39 is 0 Å². The molecule has 0 aromatic carbocycles. The van der Waals surface area contributed by atoms with Crippen LogP contribution in [0.2, 0.25) is 0 Å². The average Bonchev–Trinajstić information content (AvgIpc) is 2.54. The second kappa shape index (κ2) is 7.90. The van der Waals surface area contributed by atoms with E-state index >= 15 is 0 Å². The molecule has 1 unspecified atom stereocenters. The van der Waals surface area contributed by atoms with E-state index in [4.69, 9.17) is 4.74 Å². The van der Waals surface area contributed by atoms with Gasteiger partial charge in [0.15, 0.2) is 5.69 Å². The molecule has 1 aromatic heterocycles. The highest BCUT2D eigenvalue weighted by atomic mass is 16.5. The molecule has 7 heteroatoms. The molecule has 1 amide bonds. The van der Waals surface area contributed by atoms with E-state index in [0.717, 1.165) is 26.2 Å². The molecule has 0 aliphatic carbocycles. The fraction of sp³-hybridized carbons (Fsp3) is 0.643. The number of carbonyl (C=O) groups is 1. The Bertz CT molecular complexity index is 451. The normalized spacial score (nSPS) is 19.2. The van der Waals surface area contributed by atoms with Crippen LogP contribution in [-0.2, 0) is 4.74 Å². The number of hydrogen-bond donors (Lipinski definition) is 2. The summed E-state index contributed by atoms with van der Waals surface area (Å²) >= 11 is 0. The number of morpholine rings is 1. The second-order valence-electron chi connectivity index (χ2n) is 4.93. The summed E-state index contributed by atoms with van der Waals surface area (Å²) in [6.07, 6.45) is 0.0386. The number of nitrogens with zero attached hydrogens (tertiary/aromatic N) is 3. The van der Waals surface area contributed by atoms with Gasteiger partial charge in [0.25, 0.3) is 5.91 Å². The van der Waals surface area contributed by atoms with E-state index in [1.54, 1.807) is 12.1 Å². The number of hydrogen-bond acceptors (Lipinski definition) is 6. The molecule has 1 aromatic rings. The molecule has 1 atom stereocenters. The van der Waals surface area contributed by atoms with Crippen LogP contribution >= 0.6 is 0 Å². The molecule has 1 fully saturated rings. The number of aromatic nitrogens is 2. The van der Waals surface area contributed by atoms with Crippen LogP contribution in [0.1, 0.15) is 24.3 Å². The number of nitrogens with one attached hydrogen (secondary N) is 2. The topological polar surface area (TPSA) is 79.4 Å². The van der Waals surface area contributed by atoms with Gasteiger partial charge < -0.3 is 15.4 Å². The van der Waals surface area contributed by atoms with E-state index in [2.05, 4.69) is 32.7 Å². The third kappa shape index (κ3) is 4.64. The largest absolute Gasteiger partial charge is 0.374 e. The van der Waals surface area contributed by atoms with Gasteiger partial charge in [0.05, 0.1) is 12.7 Å². The minimum atomic E-state index is -0.220. The van der Waals surface area contributed by atoms with Gasteiger partial charge in [-0.2, -0.15) is 0 Å². The molecule has 116 valence electrons. The van der Waals surface area contributed by atoms with E-state index in [0.29, 0.717) is 24.7 Å². The minimum Gasteiger partial charge on any atom is -0.374 e. The predicted octanol–water partition coefficient (Wildman–Crippen LogP) is 0.359. The lowest BCUT2D eigenvalue weighted by molar-refractivity contribution is -0.0246. The zero-order valence-electron chi connectivity index (χ0n) is 12.6. The van der Waals surface area contributed by atoms with Crippen molar-refractivity contribution in [2.24, 2.45) is 0 Å². The molecule has 7 nitrogen and oxygen atoms in total. The lowest BCUT2D eigenvalue weighted by Gasteiger charge is -2.32. The van der Waals surface area contributed by atoms with Crippen LogP contribution < -0.4 is 10.6 Å². The third-order valence-corrected chi connectivity index (χ3v) is 3.42. The molecule has 1 aliphatic rings. The first-order valence-electron chi connectivity index (χ1n) is 7.42. The lowest BCUT2D eigenvalue weighted by Crippen LogP contribution is -2.47. The van der Waals surface area contributed by atoms with Crippen molar-refractivity contribution >= 4 is 11.7 Å². The van der Waals surface area contributed by atoms with Gasteiger partial charge in [-0.3, -0.25) is 9.69 Å². The maximum atomic E-state index is 12.0. The molecule has 1 saturated heterocycles. The number of likely N-dealkylation sites (N-methyl/N-ethyl adjacent to an activating group) is 1. The summed E-state index contributed by atoms with van der Waals surface area (Å²) in [5, 5.41) is 13.8. The van der Waals surface area contributed by atoms with Crippen molar-refractivity contribution in [2.45, 2.75) is 20.0 Å². The summed E-state index contributed by atoms with van der Waals surface area (Å²) in [4.78, 5) is 14.3. The maximum absolute atomic E-state index is 12.0. The van der Waals surface area contributed by atoms with Gasteiger partial charge in [0.2, 0.25) is 0 Å². The first-order valence-corrected chi connectivity index (χ1v) is 7.42. The van der Waals surface area contributed by atoms with E-state index in [1.165, 1.54) is 0 Å². The summed E-state index contributed by atoms with van der Waals surface area (Å²) in [6, 6.07) is 3.42. The van der Waals surface area contributed by atoms with Crippen molar-refractivity contribution in [1.82, 2.24) is 20.4 Å². The highest BCUT2D eigenvalue weighted by Gasteiger charge is 2.20. The van der Waals surface area contributed by atoms with Crippen LogP contribution in [0, 0.1) is 0 Å². The van der Waals surface area contributed by atoms with Gasteiger partial charge in [-0.25, -0.2) is 0 Å². The Morgan fingerprint density at radius 2 is 2.29 bits per heavy atom. The molecule has 2 rings (SSSR count). The van der Waals surface area contributed by atoms with Crippen LogP contribution in [0.4, 0.5) is 5.82 Å². The summed E-state index contributed by atoms with van der Waals surface area (Å²) in [6.45, 7) is 8.89. The average molecular weight is 293 g/mol. The number of ether oxygens (including phenoxy) is 1. The molecule has 2 heterocycles. The summed E-state index contributed by atoms with van der Waals surface area (Å²) in [5.41, 5.74) is 0.319. The molecule has 1 aliphatic heterocycles. The summed E-state index contributed by atoms with van der Waals surface area (Å²) in [5.74, 6) is 0.450. The van der Waals surface area contributed by atoms with E-state index in [1.807, 2.05) is 6.92 Å². The zero-order chi connectivity index (χ0) is 15.1. The quantitative estimate of drug-likeness (QED) is 0.788. The monoisotopic (exact) mass is 293 g/mol. The summed E-state index contributed by atoms with van der Waals surface area (Å²) in [7, 11) is 0. The van der Waals surface area contributed by atoms with Gasteiger partial charge in [-0.05, 0) is 25.6 Å². The van der Waals surface area contributed by atoms with Gasteiger partial charge >= 0.3 is 0 Å². The van der Waals surface area contributed by atoms with Gasteiger partial charge in [-0.15, -0.1) is 10.2 Å². The van der Waals surface area contributed by atoms with E-state index in [-0.39, 0.29) is 12.0 Å². The van der Waals surface area contributed by atoms with Gasteiger partial charge in [-0.1, -0.05) is 6.92 Å². The standard InChI is InChI=1S/C14H23N5O2/c1-3-15-13-6-5-12(17-18-13)14(20)16-9-11-10-19(4-2)7-8-21-11/h5-6,11H,3-4,7-10H2,1-2H3,(H,15,18)(H,16,20). The molecule has 21 heavy (non-hydrogen) atoms. The maximum Gasteiger partial charge on any atom is 0.271 e. The van der Waals surface area contributed by atoms with Crippen molar-refractivity contribution < 1.29 is 9.53 Å². The Hall–Kier alpha value is -1.73. The van der Waals surface area contributed by atoms with Crippen LogP contribution in [0.25, 0.3) is 0 Å². The van der Waals surface area contributed by atoms with Crippen molar-refractivity contribution in [3.8, 4) is 0 Å². The number of amides is 1. The lowest BCUT2D eigenvalue weighted by atomic mass is 10.2. The van der Waals surface area contributed by atoms with Crippen molar-refractivity contribution in [2.75, 3.05) is 44.6 Å². The smallest absolute Gasteiger partial charge is 0.271 e. The Morgan fingerprint density at radius 1 is 1.43 bits per heavy atom. The highest BCUT2D eigenvalue weighted by molar-refractivity contribution is 5.92. The molecule has 0 saturated carbocycles. The van der Waals surface area contributed by atoms with Gasteiger partial charge in [0.1, 0.15) is 5.82 Å². The molecule has 0 spiro atoms. The zero-order valence-corrected chi connectivity index (χ0v) is 12.6. The highest BCUT2D eigenvalue weighted by Crippen LogP contribution is 2.05. The summed E-state index contributed by atoms with van der Waals surface area (Å²) < 4.78 is 5.64. The molecule has 0 radical (unpaired) electrons. The number of carbonyl (C=O) groups excluding carboxylic acids is 1. The van der Waals surface area contributed by atoms with Crippen molar-refractivity contribution in [3.05, 3.63) is 17.8 Å². The molecular weight excluding hydrogens is 270 g/mol. The SMILES string of the molecule is CCNc1ccc(C(=O)NCC2CN(CC)CCO2)nn1. The van der Waals surface area contributed by atoms with Crippen LogP contribution in [0.3, 0.4) is 0 Å². The predicted molar refractivity (Wildman–Crippen MR) is 80.4 cm³/mol. The second-order valence-corrected chi connectivity index (χ2v) is 4.93. The first-order chi connectivity index (χ1) is 10.2. The van der Waals surface area contributed by atoms with Crippen LogP contribution in [-0.4, -0.2) is 66.4 Å². The fourth-order valence-electron chi connectivity index (χ4n) is 2.22. The Kier molecular flexibility index (Phi) is 5.89. The number of anilines is 1. The van der Waals surface area contributed by atoms with Crippen molar-refractivity contribution in [3.63, 3.8) is 0 Å². The van der Waals surface area contributed by atoms with Gasteiger partial charge in [0, 0.05) is 26.2 Å². The molecule has 0 bridgehead atoms. The number of rotatable bonds is 6. The Balaban J connectivity index is 1.81. The molecule has 2 N–H and O–H groups in total. The molecular formula is C14H23N5O2. The first kappa shape index (κ1) is 15.7. The minimum absolute atomic E-state index is 0.0386. The van der Waals surface area contributed by atoms with Crippen LogP contribution in [0.15, 0.2) is 12.1 Å². The van der Waals surface area contributed by atoms with Crippen LogP contribution in [0.5, 0.6) is 0 Å². The van der Waals surface area contributed by atoms with Crippen molar-refractivity contribution in [1.29, 1.82) is 0 Å². The Morgan fingerprint density at radius 3 is 2.95 bits per heavy atom. The van der Waals surface area contributed by atoms with E-state index in [9.17, 15) is 4.79 Å². The Labute approximate surface area is 125 Å².